The lowest BCUT2D eigenvalue weighted by molar-refractivity contribution is -0.136. The minimum atomic E-state index is -0.855. The molecule has 2 N–H and O–H groups in total. The normalized spacial score (nSPS) is 10.8. The van der Waals surface area contributed by atoms with Gasteiger partial charge >= 0.3 is 5.97 Å². The minimum Gasteiger partial charge on any atom is -0.481 e. The molecule has 0 unspecified atom stereocenters. The number of H-pyrrole nitrogens is 1. The van der Waals surface area contributed by atoms with Crippen LogP contribution in [0.4, 0.5) is 0 Å². The number of hydrogen-bond donors (Lipinski definition) is 2. The van der Waals surface area contributed by atoms with Crippen LogP contribution in [0.5, 0.6) is 0 Å². The first-order valence-corrected chi connectivity index (χ1v) is 5.42. The van der Waals surface area contributed by atoms with Crippen LogP contribution in [0.25, 0.3) is 10.9 Å². The second kappa shape index (κ2) is 3.87. The van der Waals surface area contributed by atoms with E-state index in [0.29, 0.717) is 5.02 Å². The summed E-state index contributed by atoms with van der Waals surface area (Å²) in [6, 6.07) is 3.63. The fourth-order valence-corrected chi connectivity index (χ4v) is 2.38. The van der Waals surface area contributed by atoms with Gasteiger partial charge in [0, 0.05) is 16.1 Å². The van der Waals surface area contributed by atoms with Crippen molar-refractivity contribution in [3.05, 3.63) is 33.4 Å². The number of aromatic amines is 1. The highest BCUT2D eigenvalue weighted by Crippen LogP contribution is 2.29. The highest BCUT2D eigenvalue weighted by molar-refractivity contribution is 9.10. The van der Waals surface area contributed by atoms with E-state index >= 15 is 0 Å². The van der Waals surface area contributed by atoms with Crippen LogP contribution in [0.15, 0.2) is 22.8 Å². The Morgan fingerprint density at radius 2 is 2.27 bits per heavy atom. The van der Waals surface area contributed by atoms with Crippen molar-refractivity contribution in [1.82, 2.24) is 4.98 Å². The number of benzene rings is 1. The van der Waals surface area contributed by atoms with E-state index < -0.39 is 5.97 Å². The van der Waals surface area contributed by atoms with Gasteiger partial charge < -0.3 is 10.1 Å². The van der Waals surface area contributed by atoms with Crippen LogP contribution < -0.4 is 0 Å². The first-order valence-electron chi connectivity index (χ1n) is 4.24. The second-order valence-corrected chi connectivity index (χ2v) is 4.52. The van der Waals surface area contributed by atoms with Gasteiger partial charge in [-0.05, 0) is 17.7 Å². The third kappa shape index (κ3) is 2.01. The van der Waals surface area contributed by atoms with Crippen LogP contribution in [0.2, 0.25) is 5.02 Å². The van der Waals surface area contributed by atoms with Crippen LogP contribution in [-0.4, -0.2) is 16.1 Å². The molecule has 0 aliphatic rings. The molecular weight excluding hydrogens is 281 g/mol. The Morgan fingerprint density at radius 1 is 1.53 bits per heavy atom. The number of fused-ring (bicyclic) bond motifs is 1. The maximum atomic E-state index is 10.6. The van der Waals surface area contributed by atoms with E-state index in [1.54, 1.807) is 12.3 Å². The molecule has 0 atom stereocenters. The van der Waals surface area contributed by atoms with Gasteiger partial charge in [-0.1, -0.05) is 27.5 Å². The predicted octanol–water partition coefficient (Wildman–Crippen LogP) is 3.21. The lowest BCUT2D eigenvalue weighted by Crippen LogP contribution is -1.98. The van der Waals surface area contributed by atoms with E-state index in [4.69, 9.17) is 16.7 Å². The number of aliphatic carboxylic acids is 1. The third-order valence-corrected chi connectivity index (χ3v) is 2.89. The average molecular weight is 289 g/mol. The molecule has 2 aromatic rings. The molecule has 0 bridgehead atoms. The van der Waals surface area contributed by atoms with Gasteiger partial charge in [0.05, 0.1) is 17.0 Å². The van der Waals surface area contributed by atoms with Crippen molar-refractivity contribution in [1.29, 1.82) is 0 Å². The van der Waals surface area contributed by atoms with Crippen LogP contribution in [-0.2, 0) is 11.2 Å². The molecule has 78 valence electrons. The molecule has 0 saturated heterocycles. The molecule has 2 rings (SSSR count). The van der Waals surface area contributed by atoms with Crippen molar-refractivity contribution >= 4 is 44.4 Å². The Bertz CT molecular complexity index is 535. The maximum absolute atomic E-state index is 10.6. The predicted molar refractivity (Wildman–Crippen MR) is 62.3 cm³/mol. The summed E-state index contributed by atoms with van der Waals surface area (Å²) < 4.78 is 0.839. The molecule has 5 heteroatoms. The Kier molecular flexibility index (Phi) is 2.71. The van der Waals surface area contributed by atoms with Crippen molar-refractivity contribution < 1.29 is 9.90 Å². The number of halogens is 2. The van der Waals surface area contributed by atoms with Gasteiger partial charge in [0.25, 0.3) is 0 Å². The summed E-state index contributed by atoms with van der Waals surface area (Å²) >= 11 is 9.33. The second-order valence-electron chi connectivity index (χ2n) is 3.19. The summed E-state index contributed by atoms with van der Waals surface area (Å²) in [6.07, 6.45) is 1.67. The summed E-state index contributed by atoms with van der Waals surface area (Å²) in [7, 11) is 0. The number of nitrogens with one attached hydrogen (secondary N) is 1. The number of carbonyl (C=O) groups is 1. The fraction of sp³-hybridized carbons (Fsp3) is 0.100. The van der Waals surface area contributed by atoms with Crippen LogP contribution >= 0.6 is 27.5 Å². The van der Waals surface area contributed by atoms with Crippen LogP contribution in [0.3, 0.4) is 0 Å². The van der Waals surface area contributed by atoms with Gasteiger partial charge in [0.1, 0.15) is 0 Å². The van der Waals surface area contributed by atoms with Crippen molar-refractivity contribution in [2.45, 2.75) is 6.42 Å². The molecule has 0 aliphatic carbocycles. The van der Waals surface area contributed by atoms with E-state index in [2.05, 4.69) is 20.9 Å². The summed E-state index contributed by atoms with van der Waals surface area (Å²) in [5, 5.41) is 10.1. The molecule has 1 aromatic heterocycles. The zero-order chi connectivity index (χ0) is 11.0. The highest BCUT2D eigenvalue weighted by atomic mass is 79.9. The molecule has 1 heterocycles. The average Bonchev–Trinajstić information content (AvgIpc) is 2.48. The topological polar surface area (TPSA) is 53.1 Å². The molecule has 0 aliphatic heterocycles. The fourth-order valence-electron chi connectivity index (χ4n) is 1.52. The molecule has 1 aromatic carbocycles. The molecule has 0 saturated carbocycles. The third-order valence-electron chi connectivity index (χ3n) is 2.13. The highest BCUT2D eigenvalue weighted by Gasteiger charge is 2.10. The molecular formula is C10H7BrClNO2. The Balaban J connectivity index is 2.63. The molecule has 3 nitrogen and oxygen atoms in total. The largest absolute Gasteiger partial charge is 0.481 e. The first-order chi connectivity index (χ1) is 7.08. The zero-order valence-electron chi connectivity index (χ0n) is 7.55. The standard InChI is InChI=1S/C10H7BrClNO2/c11-6-2-7-5(1-9(14)15)4-13-10(7)8(12)3-6/h2-4,13H,1H2,(H,14,15). The molecule has 0 amide bonds. The van der Waals surface area contributed by atoms with Gasteiger partial charge in [-0.15, -0.1) is 0 Å². The van der Waals surface area contributed by atoms with Gasteiger partial charge in [-0.2, -0.15) is 0 Å². The summed E-state index contributed by atoms with van der Waals surface area (Å²) in [5.41, 5.74) is 1.51. The first kappa shape index (κ1) is 10.5. The van der Waals surface area contributed by atoms with Crippen LogP contribution in [0, 0.1) is 0 Å². The monoisotopic (exact) mass is 287 g/mol. The zero-order valence-corrected chi connectivity index (χ0v) is 9.89. The number of carboxylic acid groups (broad SMARTS) is 1. The SMILES string of the molecule is O=C(O)Cc1c[nH]c2c(Cl)cc(Br)cc12. The van der Waals surface area contributed by atoms with E-state index in [0.717, 1.165) is 20.9 Å². The van der Waals surface area contributed by atoms with Crippen molar-refractivity contribution in [2.24, 2.45) is 0 Å². The number of rotatable bonds is 2. The smallest absolute Gasteiger partial charge is 0.307 e. The summed E-state index contributed by atoms with van der Waals surface area (Å²) in [5.74, 6) is -0.855. The van der Waals surface area contributed by atoms with Gasteiger partial charge in [-0.25, -0.2) is 0 Å². The Morgan fingerprint density at radius 3 is 2.93 bits per heavy atom. The molecule has 0 fully saturated rings. The Labute approximate surface area is 99.2 Å². The van der Waals surface area contributed by atoms with E-state index in [9.17, 15) is 4.79 Å². The summed E-state index contributed by atoms with van der Waals surface area (Å²) in [6.45, 7) is 0. The number of aromatic nitrogens is 1. The quantitative estimate of drug-likeness (QED) is 0.891. The minimum absolute atomic E-state index is 0.00716. The van der Waals surface area contributed by atoms with Crippen molar-refractivity contribution in [3.63, 3.8) is 0 Å². The van der Waals surface area contributed by atoms with Crippen molar-refractivity contribution in [3.8, 4) is 0 Å². The van der Waals surface area contributed by atoms with E-state index in [-0.39, 0.29) is 6.42 Å². The molecule has 0 spiro atoms. The Hall–Kier alpha value is -1.000. The lowest BCUT2D eigenvalue weighted by Gasteiger charge is -1.98. The lowest BCUT2D eigenvalue weighted by atomic mass is 10.1. The van der Waals surface area contributed by atoms with Gasteiger partial charge in [0.2, 0.25) is 0 Å². The van der Waals surface area contributed by atoms with Gasteiger partial charge in [0.15, 0.2) is 0 Å². The van der Waals surface area contributed by atoms with Crippen molar-refractivity contribution in [2.75, 3.05) is 0 Å². The number of carboxylic acids is 1. The van der Waals surface area contributed by atoms with E-state index in [1.165, 1.54) is 0 Å². The van der Waals surface area contributed by atoms with Crippen LogP contribution in [0.1, 0.15) is 5.56 Å². The van der Waals surface area contributed by atoms with Gasteiger partial charge in [-0.3, -0.25) is 4.79 Å². The van der Waals surface area contributed by atoms with E-state index in [1.807, 2.05) is 6.07 Å². The molecule has 0 radical (unpaired) electrons. The number of hydrogen-bond acceptors (Lipinski definition) is 1. The maximum Gasteiger partial charge on any atom is 0.307 e. The summed E-state index contributed by atoms with van der Waals surface area (Å²) in [4.78, 5) is 13.6. The molecule has 15 heavy (non-hydrogen) atoms.